The van der Waals surface area contributed by atoms with Crippen LogP contribution in [0.2, 0.25) is 0 Å². The summed E-state index contributed by atoms with van der Waals surface area (Å²) in [7, 11) is -2.78. The van der Waals surface area contributed by atoms with Gasteiger partial charge in [-0.15, -0.1) is 0 Å². The van der Waals surface area contributed by atoms with Gasteiger partial charge in [0.25, 0.3) is 10.0 Å². The molecule has 0 heterocycles. The Bertz CT molecular complexity index is 1780. The second kappa shape index (κ2) is 15.6. The lowest BCUT2D eigenvalue weighted by Gasteiger charge is -2.34. The highest BCUT2D eigenvalue weighted by Crippen LogP contribution is 2.33. The van der Waals surface area contributed by atoms with Crippen molar-refractivity contribution < 1.29 is 22.7 Å². The van der Waals surface area contributed by atoms with Crippen LogP contribution in [0.5, 0.6) is 5.75 Å². The second-order valence-corrected chi connectivity index (χ2v) is 14.6. The van der Waals surface area contributed by atoms with E-state index in [4.69, 9.17) is 4.74 Å². The van der Waals surface area contributed by atoms with E-state index in [0.717, 1.165) is 51.2 Å². The number of aryl methyl sites for hydroxylation is 1. The predicted molar refractivity (Wildman–Crippen MR) is 188 cm³/mol. The van der Waals surface area contributed by atoms with Gasteiger partial charge in [-0.3, -0.25) is 13.9 Å². The van der Waals surface area contributed by atoms with Gasteiger partial charge in [-0.1, -0.05) is 101 Å². The smallest absolute Gasteiger partial charge is 0.264 e. The number of ether oxygens (including phenoxy) is 1. The molecule has 246 valence electrons. The number of carbonyl (C=O) groups is 2. The highest BCUT2D eigenvalue weighted by Gasteiger charge is 2.36. The Kier molecular flexibility index (Phi) is 11.4. The zero-order valence-electron chi connectivity index (χ0n) is 26.6. The van der Waals surface area contributed by atoms with Crippen LogP contribution in [-0.2, 0) is 32.6 Å². The minimum absolute atomic E-state index is 0.0376. The molecular formula is C37H40BrN3O5S. The van der Waals surface area contributed by atoms with E-state index >= 15 is 0 Å². The number of rotatable bonds is 13. The molecule has 0 bridgehead atoms. The molecule has 1 N–H and O–H groups in total. The van der Waals surface area contributed by atoms with Crippen molar-refractivity contribution in [1.82, 2.24) is 10.2 Å². The van der Waals surface area contributed by atoms with Crippen molar-refractivity contribution in [2.75, 3.05) is 18.0 Å². The highest BCUT2D eigenvalue weighted by molar-refractivity contribution is 9.10. The van der Waals surface area contributed by atoms with E-state index in [1.54, 1.807) is 36.4 Å². The van der Waals surface area contributed by atoms with E-state index in [1.165, 1.54) is 24.1 Å². The number of amides is 2. The van der Waals surface area contributed by atoms with Crippen molar-refractivity contribution in [2.24, 2.45) is 0 Å². The van der Waals surface area contributed by atoms with E-state index in [1.807, 2.05) is 61.5 Å². The molecule has 1 aliphatic rings. The fraction of sp³-hybridized carbons (Fsp3) is 0.297. The van der Waals surface area contributed by atoms with E-state index in [2.05, 4.69) is 21.2 Å². The van der Waals surface area contributed by atoms with Crippen molar-refractivity contribution in [3.05, 3.63) is 124 Å². The Morgan fingerprint density at radius 2 is 1.55 bits per heavy atom. The topological polar surface area (TPSA) is 96.0 Å². The number of hydrogen-bond acceptors (Lipinski definition) is 5. The third-order valence-electron chi connectivity index (χ3n) is 8.46. The van der Waals surface area contributed by atoms with Crippen LogP contribution in [-0.4, -0.2) is 50.9 Å². The summed E-state index contributed by atoms with van der Waals surface area (Å²) in [4.78, 5) is 30.4. The molecule has 4 aromatic carbocycles. The molecule has 0 aliphatic heterocycles. The van der Waals surface area contributed by atoms with Gasteiger partial charge in [-0.05, 0) is 67.3 Å². The summed E-state index contributed by atoms with van der Waals surface area (Å²) in [6, 6.07) is 29.5. The van der Waals surface area contributed by atoms with E-state index in [0.29, 0.717) is 5.75 Å². The molecule has 1 unspecified atom stereocenters. The Hall–Kier alpha value is -4.15. The minimum atomic E-state index is -4.24. The normalized spacial score (nSPS) is 13.9. The first-order valence-electron chi connectivity index (χ1n) is 15.8. The van der Waals surface area contributed by atoms with Crippen LogP contribution in [0, 0.1) is 6.92 Å². The van der Waals surface area contributed by atoms with Crippen LogP contribution in [0.15, 0.2) is 112 Å². The zero-order valence-corrected chi connectivity index (χ0v) is 29.0. The van der Waals surface area contributed by atoms with Crippen LogP contribution in [0.3, 0.4) is 0 Å². The standard InChI is InChI=1S/C37H40BrN3O5S/c1-27-19-21-32(22-20-27)47(44,45)41(33-17-8-9-18-35(33)46-2)26-36(42)40(25-29-13-10-14-30(38)23-29)34(24-28-11-4-3-5-12-28)37(43)39-31-15-6-7-16-31/h3-5,8-14,17-23,31,34H,6-7,15-16,24-26H2,1-2H3,(H,39,43). The van der Waals surface area contributed by atoms with Gasteiger partial charge in [0.2, 0.25) is 11.8 Å². The summed E-state index contributed by atoms with van der Waals surface area (Å²) in [6.07, 6.45) is 4.12. The fourth-order valence-corrected chi connectivity index (χ4v) is 7.81. The first-order chi connectivity index (χ1) is 22.7. The monoisotopic (exact) mass is 717 g/mol. The number of sulfonamides is 1. The first kappa shape index (κ1) is 34.2. The molecule has 1 aliphatic carbocycles. The SMILES string of the molecule is COc1ccccc1N(CC(=O)N(Cc1cccc(Br)c1)C(Cc1ccccc1)C(=O)NC1CCCC1)S(=O)(=O)c1ccc(C)cc1. The lowest BCUT2D eigenvalue weighted by Crippen LogP contribution is -2.54. The Morgan fingerprint density at radius 3 is 2.23 bits per heavy atom. The molecule has 0 aromatic heterocycles. The summed E-state index contributed by atoms with van der Waals surface area (Å²) in [5.74, 6) is -0.474. The fourth-order valence-electron chi connectivity index (χ4n) is 5.94. The molecule has 8 nitrogen and oxygen atoms in total. The summed E-state index contributed by atoms with van der Waals surface area (Å²) in [5.41, 5.74) is 2.81. The zero-order chi connectivity index (χ0) is 33.4. The summed E-state index contributed by atoms with van der Waals surface area (Å²) >= 11 is 3.53. The maximum Gasteiger partial charge on any atom is 0.264 e. The molecule has 5 rings (SSSR count). The highest BCUT2D eigenvalue weighted by atomic mass is 79.9. The van der Waals surface area contributed by atoms with Crippen molar-refractivity contribution in [2.45, 2.75) is 62.6 Å². The summed E-state index contributed by atoms with van der Waals surface area (Å²) in [5, 5.41) is 3.20. The summed E-state index contributed by atoms with van der Waals surface area (Å²) < 4.78 is 36.1. The lowest BCUT2D eigenvalue weighted by molar-refractivity contribution is -0.140. The van der Waals surface area contributed by atoms with Gasteiger partial charge < -0.3 is 15.0 Å². The van der Waals surface area contributed by atoms with Crippen molar-refractivity contribution in [1.29, 1.82) is 0 Å². The molecule has 0 radical (unpaired) electrons. The van der Waals surface area contributed by atoms with Crippen molar-refractivity contribution >= 4 is 43.5 Å². The number of para-hydroxylation sites is 2. The van der Waals surface area contributed by atoms with Crippen LogP contribution in [0.25, 0.3) is 0 Å². The number of carbonyl (C=O) groups excluding carboxylic acids is 2. The predicted octanol–water partition coefficient (Wildman–Crippen LogP) is 6.66. The van der Waals surface area contributed by atoms with Crippen LogP contribution < -0.4 is 14.4 Å². The molecule has 2 amide bonds. The average Bonchev–Trinajstić information content (AvgIpc) is 3.59. The molecule has 0 saturated heterocycles. The third kappa shape index (κ3) is 8.61. The average molecular weight is 719 g/mol. The van der Waals surface area contributed by atoms with Crippen LogP contribution >= 0.6 is 15.9 Å². The minimum Gasteiger partial charge on any atom is -0.495 e. The van der Waals surface area contributed by atoms with E-state index < -0.39 is 28.5 Å². The molecule has 1 atom stereocenters. The largest absolute Gasteiger partial charge is 0.495 e. The van der Waals surface area contributed by atoms with Crippen molar-refractivity contribution in [3.63, 3.8) is 0 Å². The van der Waals surface area contributed by atoms with E-state index in [9.17, 15) is 18.0 Å². The Morgan fingerprint density at radius 1 is 0.894 bits per heavy atom. The molecule has 47 heavy (non-hydrogen) atoms. The molecule has 10 heteroatoms. The first-order valence-corrected chi connectivity index (χ1v) is 18.0. The lowest BCUT2D eigenvalue weighted by atomic mass is 10.0. The van der Waals surface area contributed by atoms with Gasteiger partial charge in [-0.2, -0.15) is 0 Å². The van der Waals surface area contributed by atoms with Gasteiger partial charge in [0.1, 0.15) is 18.3 Å². The van der Waals surface area contributed by atoms with Gasteiger partial charge in [-0.25, -0.2) is 8.42 Å². The maximum absolute atomic E-state index is 14.7. The number of nitrogens with zero attached hydrogens (tertiary/aromatic N) is 2. The number of methoxy groups -OCH3 is 1. The molecule has 0 spiro atoms. The second-order valence-electron chi connectivity index (χ2n) is 11.8. The van der Waals surface area contributed by atoms with Crippen LogP contribution in [0.1, 0.15) is 42.4 Å². The molecule has 1 saturated carbocycles. The number of nitrogens with one attached hydrogen (secondary N) is 1. The Labute approximate surface area is 285 Å². The number of anilines is 1. The van der Waals surface area contributed by atoms with Gasteiger partial charge in [0.05, 0.1) is 17.7 Å². The molecule has 1 fully saturated rings. The quantitative estimate of drug-likeness (QED) is 0.167. The van der Waals surface area contributed by atoms with Gasteiger partial charge in [0, 0.05) is 23.5 Å². The van der Waals surface area contributed by atoms with Crippen LogP contribution in [0.4, 0.5) is 5.69 Å². The number of hydrogen-bond donors (Lipinski definition) is 1. The van der Waals surface area contributed by atoms with Gasteiger partial charge >= 0.3 is 0 Å². The maximum atomic E-state index is 14.7. The van der Waals surface area contributed by atoms with Gasteiger partial charge in [0.15, 0.2) is 0 Å². The van der Waals surface area contributed by atoms with Crippen molar-refractivity contribution in [3.8, 4) is 5.75 Å². The number of benzene rings is 4. The Balaban J connectivity index is 1.59. The molecule has 4 aromatic rings. The summed E-state index contributed by atoms with van der Waals surface area (Å²) in [6.45, 7) is 1.42. The van der Waals surface area contributed by atoms with E-state index in [-0.39, 0.29) is 35.5 Å². The third-order valence-corrected chi connectivity index (χ3v) is 10.7. The molecular weight excluding hydrogens is 678 g/mol. The number of halogens is 1.